The number of rotatable bonds is 8. The molecule has 0 aliphatic rings. The minimum atomic E-state index is -0.640. The second-order valence-electron chi connectivity index (χ2n) is 6.05. The molecule has 0 fully saturated rings. The first-order valence-electron chi connectivity index (χ1n) is 8.68. The van der Waals surface area contributed by atoms with Crippen LogP contribution >= 0.6 is 0 Å². The molecule has 1 atom stereocenters. The highest BCUT2D eigenvalue weighted by Crippen LogP contribution is 2.29. The Morgan fingerprint density at radius 3 is 2.59 bits per heavy atom. The van der Waals surface area contributed by atoms with Crippen LogP contribution in [0.5, 0.6) is 11.5 Å². The van der Waals surface area contributed by atoms with Crippen molar-refractivity contribution >= 4 is 11.8 Å². The Morgan fingerprint density at radius 2 is 2.00 bits per heavy atom. The van der Waals surface area contributed by atoms with Crippen molar-refractivity contribution in [1.82, 2.24) is 15.8 Å². The van der Waals surface area contributed by atoms with Crippen LogP contribution in [-0.4, -0.2) is 36.7 Å². The molecular formula is C19H25N3O5. The van der Waals surface area contributed by atoms with Crippen molar-refractivity contribution in [2.45, 2.75) is 40.3 Å². The number of ether oxygens (including phenoxy) is 2. The van der Waals surface area contributed by atoms with Crippen molar-refractivity contribution < 1.29 is 23.6 Å². The maximum Gasteiger partial charge on any atom is 0.252 e. The number of carbonyl (C=O) groups is 2. The summed E-state index contributed by atoms with van der Waals surface area (Å²) in [7, 11) is 1.50. The molecule has 1 aromatic carbocycles. The Bertz CT molecular complexity index is 796. The number of nitrogens with one attached hydrogen (secondary N) is 2. The topological polar surface area (TPSA) is 103 Å². The summed E-state index contributed by atoms with van der Waals surface area (Å²) >= 11 is 0. The number of nitrogens with zero attached hydrogens (tertiary/aromatic N) is 1. The second-order valence-corrected chi connectivity index (χ2v) is 6.05. The molecule has 1 heterocycles. The standard InChI is InChI=1S/C19H25N3O5/c1-6-20-18(23)12(3)21-19(24)14-7-8-16(17(9-14)25-5)26-10-15-11(2)22-27-13(15)4/h7-9,12H,6,10H2,1-5H3,(H,20,23)(H,21,24). The van der Waals surface area contributed by atoms with E-state index in [1.165, 1.54) is 7.11 Å². The summed E-state index contributed by atoms with van der Waals surface area (Å²) < 4.78 is 16.3. The van der Waals surface area contributed by atoms with E-state index < -0.39 is 6.04 Å². The molecule has 27 heavy (non-hydrogen) atoms. The van der Waals surface area contributed by atoms with Crippen molar-refractivity contribution in [3.05, 3.63) is 40.8 Å². The van der Waals surface area contributed by atoms with Crippen molar-refractivity contribution in [2.24, 2.45) is 0 Å². The van der Waals surface area contributed by atoms with Gasteiger partial charge in [0.2, 0.25) is 5.91 Å². The lowest BCUT2D eigenvalue weighted by molar-refractivity contribution is -0.122. The zero-order valence-corrected chi connectivity index (χ0v) is 16.2. The van der Waals surface area contributed by atoms with Gasteiger partial charge in [-0.1, -0.05) is 5.16 Å². The number of hydrogen-bond acceptors (Lipinski definition) is 6. The Labute approximate surface area is 158 Å². The fourth-order valence-corrected chi connectivity index (χ4v) is 2.46. The average molecular weight is 375 g/mol. The third-order valence-electron chi connectivity index (χ3n) is 4.07. The summed E-state index contributed by atoms with van der Waals surface area (Å²) in [4.78, 5) is 24.1. The Morgan fingerprint density at radius 1 is 1.26 bits per heavy atom. The van der Waals surface area contributed by atoms with Gasteiger partial charge in [0.15, 0.2) is 11.5 Å². The third-order valence-corrected chi connectivity index (χ3v) is 4.07. The molecule has 0 bridgehead atoms. The highest BCUT2D eigenvalue weighted by atomic mass is 16.5. The quantitative estimate of drug-likeness (QED) is 0.733. The van der Waals surface area contributed by atoms with Gasteiger partial charge in [-0.2, -0.15) is 0 Å². The number of amides is 2. The molecule has 8 heteroatoms. The van der Waals surface area contributed by atoms with E-state index in [1.807, 2.05) is 20.8 Å². The van der Waals surface area contributed by atoms with Crippen LogP contribution in [0, 0.1) is 13.8 Å². The van der Waals surface area contributed by atoms with E-state index in [0.717, 1.165) is 11.3 Å². The van der Waals surface area contributed by atoms with Crippen LogP contribution in [0.2, 0.25) is 0 Å². The molecule has 2 amide bonds. The first-order valence-corrected chi connectivity index (χ1v) is 8.68. The average Bonchev–Trinajstić information content (AvgIpc) is 2.97. The molecule has 1 aromatic heterocycles. The first-order chi connectivity index (χ1) is 12.9. The molecule has 0 aliphatic heterocycles. The van der Waals surface area contributed by atoms with E-state index in [9.17, 15) is 9.59 Å². The smallest absolute Gasteiger partial charge is 0.252 e. The number of hydrogen-bond donors (Lipinski definition) is 2. The molecule has 146 valence electrons. The van der Waals surface area contributed by atoms with Gasteiger partial charge in [-0.25, -0.2) is 0 Å². The van der Waals surface area contributed by atoms with E-state index in [0.29, 0.717) is 29.4 Å². The number of aryl methyl sites for hydroxylation is 2. The number of aromatic nitrogens is 1. The first kappa shape index (κ1) is 20.3. The van der Waals surface area contributed by atoms with E-state index >= 15 is 0 Å². The lowest BCUT2D eigenvalue weighted by Crippen LogP contribution is -2.44. The fourth-order valence-electron chi connectivity index (χ4n) is 2.46. The second kappa shape index (κ2) is 9.07. The number of likely N-dealkylation sites (N-methyl/N-ethyl adjacent to an activating group) is 1. The van der Waals surface area contributed by atoms with Gasteiger partial charge < -0.3 is 24.6 Å². The summed E-state index contributed by atoms with van der Waals surface area (Å²) in [6, 6.07) is 4.20. The minimum absolute atomic E-state index is 0.239. The number of benzene rings is 1. The summed E-state index contributed by atoms with van der Waals surface area (Å²) in [6.45, 7) is 7.89. The molecule has 0 aliphatic carbocycles. The zero-order chi connectivity index (χ0) is 20.0. The van der Waals surface area contributed by atoms with Gasteiger partial charge in [-0.15, -0.1) is 0 Å². The van der Waals surface area contributed by atoms with Crippen LogP contribution in [0.4, 0.5) is 0 Å². The maximum absolute atomic E-state index is 12.4. The highest BCUT2D eigenvalue weighted by Gasteiger charge is 2.18. The van der Waals surface area contributed by atoms with Crippen molar-refractivity contribution in [2.75, 3.05) is 13.7 Å². The van der Waals surface area contributed by atoms with Gasteiger partial charge in [-0.3, -0.25) is 9.59 Å². The molecule has 0 saturated heterocycles. The predicted molar refractivity (Wildman–Crippen MR) is 98.9 cm³/mol. The number of methoxy groups -OCH3 is 1. The van der Waals surface area contributed by atoms with Crippen molar-refractivity contribution in [1.29, 1.82) is 0 Å². The number of carbonyl (C=O) groups excluding carboxylic acids is 2. The van der Waals surface area contributed by atoms with Crippen LogP contribution in [0.15, 0.2) is 22.7 Å². The van der Waals surface area contributed by atoms with Crippen LogP contribution in [0.25, 0.3) is 0 Å². The molecule has 0 radical (unpaired) electrons. The molecule has 8 nitrogen and oxygen atoms in total. The summed E-state index contributed by atoms with van der Waals surface area (Å²) in [5.41, 5.74) is 2.00. The van der Waals surface area contributed by atoms with Crippen LogP contribution in [0.1, 0.15) is 41.2 Å². The van der Waals surface area contributed by atoms with Gasteiger partial charge >= 0.3 is 0 Å². The third kappa shape index (κ3) is 4.99. The molecule has 2 N–H and O–H groups in total. The van der Waals surface area contributed by atoms with Gasteiger partial charge in [0.1, 0.15) is 18.4 Å². The summed E-state index contributed by atoms with van der Waals surface area (Å²) in [5, 5.41) is 9.21. The van der Waals surface area contributed by atoms with Crippen molar-refractivity contribution in [3.8, 4) is 11.5 Å². The molecule has 1 unspecified atom stereocenters. The summed E-state index contributed by atoms with van der Waals surface area (Å²) in [6.07, 6.45) is 0. The van der Waals surface area contributed by atoms with Gasteiger partial charge in [0.25, 0.3) is 5.91 Å². The Balaban J connectivity index is 2.08. The molecule has 2 rings (SSSR count). The predicted octanol–water partition coefficient (Wildman–Crippen LogP) is 2.13. The minimum Gasteiger partial charge on any atom is -0.493 e. The van der Waals surface area contributed by atoms with E-state index in [1.54, 1.807) is 25.1 Å². The molecule has 0 spiro atoms. The highest BCUT2D eigenvalue weighted by molar-refractivity contribution is 5.97. The van der Waals surface area contributed by atoms with Crippen LogP contribution in [-0.2, 0) is 11.4 Å². The van der Waals surface area contributed by atoms with E-state index in [2.05, 4.69) is 15.8 Å². The van der Waals surface area contributed by atoms with E-state index in [4.69, 9.17) is 14.0 Å². The van der Waals surface area contributed by atoms with E-state index in [-0.39, 0.29) is 18.4 Å². The monoisotopic (exact) mass is 375 g/mol. The van der Waals surface area contributed by atoms with Crippen LogP contribution < -0.4 is 20.1 Å². The molecular weight excluding hydrogens is 350 g/mol. The SMILES string of the molecule is CCNC(=O)C(C)NC(=O)c1ccc(OCc2c(C)noc2C)c(OC)c1. The van der Waals surface area contributed by atoms with Gasteiger partial charge in [-0.05, 0) is 45.9 Å². The zero-order valence-electron chi connectivity index (χ0n) is 16.2. The van der Waals surface area contributed by atoms with Gasteiger partial charge in [0.05, 0.1) is 18.4 Å². The maximum atomic E-state index is 12.4. The van der Waals surface area contributed by atoms with Crippen LogP contribution in [0.3, 0.4) is 0 Å². The largest absolute Gasteiger partial charge is 0.493 e. The van der Waals surface area contributed by atoms with Gasteiger partial charge in [0, 0.05) is 12.1 Å². The molecule has 2 aromatic rings. The lowest BCUT2D eigenvalue weighted by Gasteiger charge is -2.15. The fraction of sp³-hybridized carbons (Fsp3) is 0.421. The molecule has 0 saturated carbocycles. The normalized spacial score (nSPS) is 11.6. The Hall–Kier alpha value is -3.03. The Kier molecular flexibility index (Phi) is 6.81. The van der Waals surface area contributed by atoms with Crippen molar-refractivity contribution in [3.63, 3.8) is 0 Å². The lowest BCUT2D eigenvalue weighted by atomic mass is 10.1. The summed E-state index contributed by atoms with van der Waals surface area (Å²) in [5.74, 6) is 0.995.